The van der Waals surface area contributed by atoms with Crippen molar-refractivity contribution >= 4 is 28.4 Å². The summed E-state index contributed by atoms with van der Waals surface area (Å²) in [5.74, 6) is -0.924. The van der Waals surface area contributed by atoms with Crippen LogP contribution in [-0.4, -0.2) is 26.8 Å². The molecule has 2 aromatic rings. The molecule has 0 atom stereocenters. The summed E-state index contributed by atoms with van der Waals surface area (Å²) in [5.41, 5.74) is 2.43. The second-order valence-electron chi connectivity index (χ2n) is 3.55. The van der Waals surface area contributed by atoms with E-state index in [1.165, 1.54) is 6.92 Å². The zero-order valence-corrected chi connectivity index (χ0v) is 9.47. The van der Waals surface area contributed by atoms with Gasteiger partial charge in [0.15, 0.2) is 5.82 Å². The smallest absolute Gasteiger partial charge is 0.351 e. The Hall–Kier alpha value is -2.70. The number of hydrogen-bond acceptors (Lipinski definition) is 5. The second-order valence-corrected chi connectivity index (χ2v) is 3.55. The number of H-pyrrole nitrogens is 1. The molecule has 0 bridgehead atoms. The molecule has 3 N–H and O–H groups in total. The molecule has 0 aliphatic carbocycles. The van der Waals surface area contributed by atoms with Crippen molar-refractivity contribution in [2.45, 2.75) is 6.92 Å². The Morgan fingerprint density at radius 3 is 2.89 bits per heavy atom. The van der Waals surface area contributed by atoms with Crippen molar-refractivity contribution in [3.8, 4) is 0 Å². The average Bonchev–Trinajstić information content (AvgIpc) is 2.35. The largest absolute Gasteiger partial charge is 0.477 e. The summed E-state index contributed by atoms with van der Waals surface area (Å²) in [5, 5.41) is 13.0. The number of hydrogen-bond donors (Lipinski definition) is 3. The molecular formula is C11H10N4O3. The van der Waals surface area contributed by atoms with Crippen molar-refractivity contribution in [2.24, 2.45) is 5.10 Å². The maximum Gasteiger partial charge on any atom is 0.351 e. The van der Waals surface area contributed by atoms with E-state index >= 15 is 0 Å². The van der Waals surface area contributed by atoms with Gasteiger partial charge < -0.3 is 10.1 Å². The lowest BCUT2D eigenvalue weighted by atomic mass is 10.2. The number of rotatable bonds is 3. The van der Waals surface area contributed by atoms with Crippen molar-refractivity contribution in [3.05, 3.63) is 34.7 Å². The molecule has 0 saturated heterocycles. The minimum atomic E-state index is -1.14. The van der Waals surface area contributed by atoms with E-state index in [9.17, 15) is 9.59 Å². The van der Waals surface area contributed by atoms with E-state index < -0.39 is 11.7 Å². The van der Waals surface area contributed by atoms with E-state index in [0.29, 0.717) is 10.9 Å². The quantitative estimate of drug-likeness (QED) is 0.548. The van der Waals surface area contributed by atoms with Crippen LogP contribution < -0.4 is 11.1 Å². The van der Waals surface area contributed by atoms with Gasteiger partial charge in [-0.25, -0.2) is 9.59 Å². The zero-order chi connectivity index (χ0) is 13.1. The van der Waals surface area contributed by atoms with Gasteiger partial charge in [0, 0.05) is 5.39 Å². The Bertz CT molecular complexity index is 690. The monoisotopic (exact) mass is 246 g/mol. The molecule has 18 heavy (non-hydrogen) atoms. The van der Waals surface area contributed by atoms with E-state index in [2.05, 4.69) is 20.5 Å². The van der Waals surface area contributed by atoms with Gasteiger partial charge in [-0.05, 0) is 19.1 Å². The fourth-order valence-electron chi connectivity index (χ4n) is 1.37. The third-order valence-corrected chi connectivity index (χ3v) is 2.28. The molecule has 0 unspecified atom stereocenters. The van der Waals surface area contributed by atoms with Gasteiger partial charge in [0.2, 0.25) is 0 Å². The molecule has 7 heteroatoms. The van der Waals surface area contributed by atoms with Gasteiger partial charge >= 0.3 is 11.7 Å². The normalized spacial score (nSPS) is 11.5. The molecule has 0 radical (unpaired) electrons. The highest BCUT2D eigenvalue weighted by molar-refractivity contribution is 6.34. The minimum Gasteiger partial charge on any atom is -0.477 e. The average molecular weight is 246 g/mol. The van der Waals surface area contributed by atoms with Crippen LogP contribution in [0.2, 0.25) is 0 Å². The molecule has 1 heterocycles. The molecule has 0 aliphatic heterocycles. The van der Waals surface area contributed by atoms with E-state index in [0.717, 1.165) is 0 Å². The molecule has 92 valence electrons. The lowest BCUT2D eigenvalue weighted by Crippen LogP contribution is -2.14. The van der Waals surface area contributed by atoms with Crippen molar-refractivity contribution < 1.29 is 9.90 Å². The Morgan fingerprint density at radius 2 is 2.17 bits per heavy atom. The van der Waals surface area contributed by atoms with Crippen molar-refractivity contribution in [1.29, 1.82) is 0 Å². The van der Waals surface area contributed by atoms with Crippen LogP contribution in [0.15, 0.2) is 34.2 Å². The van der Waals surface area contributed by atoms with Crippen LogP contribution in [-0.2, 0) is 4.79 Å². The topological polar surface area (TPSA) is 107 Å². The summed E-state index contributed by atoms with van der Waals surface area (Å²) >= 11 is 0. The first-order chi connectivity index (χ1) is 8.58. The number of aromatic amines is 1. The number of aliphatic carboxylic acids is 1. The van der Waals surface area contributed by atoms with Crippen LogP contribution in [0.3, 0.4) is 0 Å². The molecule has 1 aromatic carbocycles. The van der Waals surface area contributed by atoms with Crippen LogP contribution in [0.1, 0.15) is 6.92 Å². The van der Waals surface area contributed by atoms with Gasteiger partial charge in [0.05, 0.1) is 5.52 Å². The molecule has 2 rings (SSSR count). The number of nitrogens with one attached hydrogen (secondary N) is 2. The van der Waals surface area contributed by atoms with Gasteiger partial charge in [-0.2, -0.15) is 10.1 Å². The third kappa shape index (κ3) is 2.34. The number of aromatic nitrogens is 2. The predicted molar refractivity (Wildman–Crippen MR) is 66.7 cm³/mol. The van der Waals surface area contributed by atoms with Gasteiger partial charge in [-0.3, -0.25) is 5.43 Å². The number of carboxylic acid groups (broad SMARTS) is 1. The maximum absolute atomic E-state index is 11.3. The number of para-hydroxylation sites is 1. The highest BCUT2D eigenvalue weighted by atomic mass is 16.4. The number of fused-ring (bicyclic) bond motifs is 1. The number of anilines is 1. The molecule has 0 amide bonds. The summed E-state index contributed by atoms with van der Waals surface area (Å²) in [6.45, 7) is 1.34. The molecular weight excluding hydrogens is 236 g/mol. The van der Waals surface area contributed by atoms with Crippen molar-refractivity contribution in [3.63, 3.8) is 0 Å². The van der Waals surface area contributed by atoms with Crippen LogP contribution in [0.5, 0.6) is 0 Å². The first-order valence-electron chi connectivity index (χ1n) is 5.10. The van der Waals surface area contributed by atoms with Gasteiger partial charge in [0.25, 0.3) is 0 Å². The summed E-state index contributed by atoms with van der Waals surface area (Å²) < 4.78 is 0. The highest BCUT2D eigenvalue weighted by Gasteiger charge is 2.05. The summed E-state index contributed by atoms with van der Waals surface area (Å²) in [6.07, 6.45) is 0. The lowest BCUT2D eigenvalue weighted by Gasteiger charge is -2.04. The van der Waals surface area contributed by atoms with Crippen LogP contribution in [0.25, 0.3) is 10.9 Å². The Balaban J connectivity index is 2.48. The number of carboxylic acids is 1. The molecule has 0 spiro atoms. The van der Waals surface area contributed by atoms with Gasteiger partial charge in [0.1, 0.15) is 5.71 Å². The first kappa shape index (κ1) is 11.8. The maximum atomic E-state index is 11.3. The first-order valence-corrected chi connectivity index (χ1v) is 5.10. The van der Waals surface area contributed by atoms with E-state index in [1.807, 2.05) is 0 Å². The fraction of sp³-hybridized carbons (Fsp3) is 0.0909. The summed E-state index contributed by atoms with van der Waals surface area (Å²) in [4.78, 5) is 28.2. The number of benzene rings is 1. The SMILES string of the molecule is CC(=NNc1nc(=O)[nH]c2ccccc12)C(=O)O. The lowest BCUT2D eigenvalue weighted by molar-refractivity contribution is -0.129. The predicted octanol–water partition coefficient (Wildman–Crippen LogP) is 0.795. The number of hydrazone groups is 1. The fourth-order valence-corrected chi connectivity index (χ4v) is 1.37. The van der Waals surface area contributed by atoms with Crippen LogP contribution in [0, 0.1) is 0 Å². The number of carbonyl (C=O) groups is 1. The summed E-state index contributed by atoms with van der Waals surface area (Å²) in [7, 11) is 0. The van der Waals surface area contributed by atoms with Gasteiger partial charge in [-0.1, -0.05) is 12.1 Å². The third-order valence-electron chi connectivity index (χ3n) is 2.28. The zero-order valence-electron chi connectivity index (χ0n) is 9.47. The standard InChI is InChI=1S/C11H10N4O3/c1-6(10(16)17)14-15-9-7-4-2-3-5-8(7)12-11(18)13-9/h2-5H,1H3,(H,16,17)(H2,12,13,15,18). The molecule has 1 aromatic heterocycles. The number of nitrogens with zero attached hydrogens (tertiary/aromatic N) is 2. The van der Waals surface area contributed by atoms with E-state index in [4.69, 9.17) is 5.11 Å². The molecule has 7 nitrogen and oxygen atoms in total. The molecule has 0 aliphatic rings. The van der Waals surface area contributed by atoms with E-state index in [-0.39, 0.29) is 11.5 Å². The summed E-state index contributed by atoms with van der Waals surface area (Å²) in [6, 6.07) is 7.01. The Kier molecular flexibility index (Phi) is 3.05. The second kappa shape index (κ2) is 4.66. The van der Waals surface area contributed by atoms with Crippen LogP contribution in [0.4, 0.5) is 5.82 Å². The molecule has 0 fully saturated rings. The molecule has 0 saturated carbocycles. The van der Waals surface area contributed by atoms with Gasteiger partial charge in [-0.15, -0.1) is 0 Å². The Labute approximate surface area is 101 Å². The minimum absolute atomic E-state index is 0.124. The van der Waals surface area contributed by atoms with Crippen molar-refractivity contribution in [2.75, 3.05) is 5.43 Å². The van der Waals surface area contributed by atoms with E-state index in [1.54, 1.807) is 24.3 Å². The Morgan fingerprint density at radius 1 is 1.44 bits per heavy atom. The highest BCUT2D eigenvalue weighted by Crippen LogP contribution is 2.16. The van der Waals surface area contributed by atoms with Crippen LogP contribution >= 0.6 is 0 Å². The van der Waals surface area contributed by atoms with Crippen molar-refractivity contribution in [1.82, 2.24) is 9.97 Å².